The van der Waals surface area contributed by atoms with E-state index in [1.165, 1.54) is 12.4 Å². The SMILES string of the molecule is Cc1ccc(NC(=O)c2cncc(C#CCO)c2)cn1. The second-order valence-corrected chi connectivity index (χ2v) is 4.06. The Hall–Kier alpha value is -2.71. The Bertz CT molecular complexity index is 670. The lowest BCUT2D eigenvalue weighted by Gasteiger charge is -2.05. The van der Waals surface area contributed by atoms with Crippen molar-refractivity contribution in [3.05, 3.63) is 53.6 Å². The molecule has 0 radical (unpaired) electrons. The molecule has 0 aliphatic heterocycles. The van der Waals surface area contributed by atoms with Gasteiger partial charge in [0.15, 0.2) is 0 Å². The van der Waals surface area contributed by atoms with Crippen molar-refractivity contribution in [3.8, 4) is 11.8 Å². The van der Waals surface area contributed by atoms with Gasteiger partial charge in [0, 0.05) is 23.7 Å². The van der Waals surface area contributed by atoms with E-state index in [1.54, 1.807) is 18.3 Å². The van der Waals surface area contributed by atoms with Crippen LogP contribution < -0.4 is 5.32 Å². The van der Waals surface area contributed by atoms with E-state index in [1.807, 2.05) is 13.0 Å². The molecule has 0 spiro atoms. The van der Waals surface area contributed by atoms with Gasteiger partial charge in [0.05, 0.1) is 17.4 Å². The van der Waals surface area contributed by atoms with E-state index in [9.17, 15) is 4.79 Å². The monoisotopic (exact) mass is 267 g/mol. The molecule has 0 aliphatic carbocycles. The van der Waals surface area contributed by atoms with E-state index < -0.39 is 0 Å². The molecule has 0 fully saturated rings. The van der Waals surface area contributed by atoms with Crippen molar-refractivity contribution in [2.75, 3.05) is 11.9 Å². The molecule has 100 valence electrons. The average molecular weight is 267 g/mol. The molecule has 0 atom stereocenters. The van der Waals surface area contributed by atoms with Crippen LogP contribution in [0, 0.1) is 18.8 Å². The Balaban J connectivity index is 2.14. The maximum absolute atomic E-state index is 12.0. The van der Waals surface area contributed by atoms with Crippen LogP contribution in [-0.2, 0) is 0 Å². The van der Waals surface area contributed by atoms with E-state index in [2.05, 4.69) is 27.1 Å². The van der Waals surface area contributed by atoms with E-state index in [0.29, 0.717) is 16.8 Å². The molecular weight excluding hydrogens is 254 g/mol. The fourth-order valence-corrected chi connectivity index (χ4v) is 1.52. The van der Waals surface area contributed by atoms with Gasteiger partial charge in [-0.15, -0.1) is 0 Å². The molecule has 0 aliphatic rings. The van der Waals surface area contributed by atoms with Crippen LogP contribution in [0.15, 0.2) is 36.8 Å². The minimum absolute atomic E-state index is 0.231. The Kier molecular flexibility index (Phi) is 4.43. The van der Waals surface area contributed by atoms with Gasteiger partial charge in [-0.25, -0.2) is 0 Å². The summed E-state index contributed by atoms with van der Waals surface area (Å²) in [5, 5.41) is 11.4. The highest BCUT2D eigenvalue weighted by Crippen LogP contribution is 2.09. The normalized spacial score (nSPS) is 9.50. The molecule has 0 unspecified atom stereocenters. The standard InChI is InChI=1S/C15H13N3O2/c1-11-4-5-14(10-17-11)18-15(20)13-7-12(3-2-6-19)8-16-9-13/h4-5,7-10,19H,6H2,1H3,(H,18,20). The summed E-state index contributed by atoms with van der Waals surface area (Å²) < 4.78 is 0. The predicted molar refractivity (Wildman–Crippen MR) is 75.1 cm³/mol. The summed E-state index contributed by atoms with van der Waals surface area (Å²) in [5.74, 6) is 4.93. The minimum Gasteiger partial charge on any atom is -0.384 e. The number of nitrogens with zero attached hydrogens (tertiary/aromatic N) is 2. The van der Waals surface area contributed by atoms with Gasteiger partial charge in [-0.1, -0.05) is 11.8 Å². The van der Waals surface area contributed by atoms with Crippen molar-refractivity contribution >= 4 is 11.6 Å². The Morgan fingerprint density at radius 3 is 2.90 bits per heavy atom. The molecule has 2 aromatic rings. The first kappa shape index (κ1) is 13.7. The summed E-state index contributed by atoms with van der Waals surface area (Å²) >= 11 is 0. The predicted octanol–water partition coefficient (Wildman–Crippen LogP) is 1.38. The van der Waals surface area contributed by atoms with E-state index in [0.717, 1.165) is 5.69 Å². The maximum atomic E-state index is 12.0. The number of aliphatic hydroxyl groups excluding tert-OH is 1. The number of carbonyl (C=O) groups is 1. The van der Waals surface area contributed by atoms with Crippen molar-refractivity contribution in [1.82, 2.24) is 9.97 Å². The number of aromatic nitrogens is 2. The van der Waals surface area contributed by atoms with Gasteiger partial charge >= 0.3 is 0 Å². The first-order chi connectivity index (χ1) is 9.69. The lowest BCUT2D eigenvalue weighted by Crippen LogP contribution is -2.12. The summed E-state index contributed by atoms with van der Waals surface area (Å²) in [6.07, 6.45) is 4.59. The molecule has 0 bridgehead atoms. The zero-order chi connectivity index (χ0) is 14.4. The lowest BCUT2D eigenvalue weighted by atomic mass is 10.2. The van der Waals surface area contributed by atoms with Crippen LogP contribution in [0.25, 0.3) is 0 Å². The number of aryl methyl sites for hydroxylation is 1. The number of pyridine rings is 2. The summed E-state index contributed by atoms with van der Waals surface area (Å²) in [7, 11) is 0. The summed E-state index contributed by atoms with van der Waals surface area (Å²) in [5.41, 5.74) is 2.47. The van der Waals surface area contributed by atoms with Gasteiger partial charge in [0.1, 0.15) is 6.61 Å². The largest absolute Gasteiger partial charge is 0.384 e. The topological polar surface area (TPSA) is 75.1 Å². The van der Waals surface area contributed by atoms with Crippen molar-refractivity contribution in [1.29, 1.82) is 0 Å². The third-order valence-electron chi connectivity index (χ3n) is 2.48. The van der Waals surface area contributed by atoms with Crippen molar-refractivity contribution < 1.29 is 9.90 Å². The highest BCUT2D eigenvalue weighted by Gasteiger charge is 2.07. The smallest absolute Gasteiger partial charge is 0.257 e. The van der Waals surface area contributed by atoms with Gasteiger partial charge < -0.3 is 10.4 Å². The average Bonchev–Trinajstić information content (AvgIpc) is 2.48. The zero-order valence-corrected chi connectivity index (χ0v) is 10.9. The third-order valence-corrected chi connectivity index (χ3v) is 2.48. The van der Waals surface area contributed by atoms with Gasteiger partial charge in [-0.3, -0.25) is 14.8 Å². The fraction of sp³-hybridized carbons (Fsp3) is 0.133. The second kappa shape index (κ2) is 6.45. The molecule has 0 saturated heterocycles. The number of anilines is 1. The molecule has 2 heterocycles. The summed E-state index contributed by atoms with van der Waals surface area (Å²) in [4.78, 5) is 20.1. The quantitative estimate of drug-likeness (QED) is 0.806. The summed E-state index contributed by atoms with van der Waals surface area (Å²) in [6.45, 7) is 1.64. The molecular formula is C15H13N3O2. The summed E-state index contributed by atoms with van der Waals surface area (Å²) in [6, 6.07) is 5.21. The molecule has 0 saturated carbocycles. The number of hydrogen-bond donors (Lipinski definition) is 2. The highest BCUT2D eigenvalue weighted by atomic mass is 16.2. The van der Waals surface area contributed by atoms with Gasteiger partial charge in [0.2, 0.25) is 0 Å². The van der Waals surface area contributed by atoms with Crippen LogP contribution in [0.4, 0.5) is 5.69 Å². The molecule has 2 rings (SSSR count). The molecule has 0 aromatic carbocycles. The van der Waals surface area contributed by atoms with Gasteiger partial charge in [-0.2, -0.15) is 0 Å². The zero-order valence-electron chi connectivity index (χ0n) is 10.9. The van der Waals surface area contributed by atoms with E-state index in [-0.39, 0.29) is 12.5 Å². The molecule has 5 heteroatoms. The number of amides is 1. The first-order valence-corrected chi connectivity index (χ1v) is 5.98. The number of nitrogens with one attached hydrogen (secondary N) is 1. The van der Waals surface area contributed by atoms with Gasteiger partial charge in [0.25, 0.3) is 5.91 Å². The lowest BCUT2D eigenvalue weighted by molar-refractivity contribution is 0.102. The van der Waals surface area contributed by atoms with Crippen LogP contribution in [0.3, 0.4) is 0 Å². The van der Waals surface area contributed by atoms with Crippen LogP contribution in [0.2, 0.25) is 0 Å². The van der Waals surface area contributed by atoms with Crippen LogP contribution in [-0.4, -0.2) is 27.6 Å². The highest BCUT2D eigenvalue weighted by molar-refractivity contribution is 6.04. The number of rotatable bonds is 2. The number of aliphatic hydroxyl groups is 1. The van der Waals surface area contributed by atoms with Crippen LogP contribution in [0.5, 0.6) is 0 Å². The molecule has 1 amide bonds. The fourth-order valence-electron chi connectivity index (χ4n) is 1.52. The van der Waals surface area contributed by atoms with Gasteiger partial charge in [-0.05, 0) is 25.1 Å². The number of hydrogen-bond acceptors (Lipinski definition) is 4. The van der Waals surface area contributed by atoms with E-state index in [4.69, 9.17) is 5.11 Å². The minimum atomic E-state index is -0.282. The van der Waals surface area contributed by atoms with E-state index >= 15 is 0 Å². The molecule has 2 aromatic heterocycles. The third kappa shape index (κ3) is 3.64. The molecule has 2 N–H and O–H groups in total. The Morgan fingerprint density at radius 2 is 2.20 bits per heavy atom. The van der Waals surface area contributed by atoms with Crippen molar-refractivity contribution in [3.63, 3.8) is 0 Å². The van der Waals surface area contributed by atoms with Crippen molar-refractivity contribution in [2.24, 2.45) is 0 Å². The van der Waals surface area contributed by atoms with Crippen molar-refractivity contribution in [2.45, 2.75) is 6.92 Å². The van der Waals surface area contributed by atoms with Crippen LogP contribution >= 0.6 is 0 Å². The first-order valence-electron chi connectivity index (χ1n) is 5.98. The number of carbonyl (C=O) groups excluding carboxylic acids is 1. The maximum Gasteiger partial charge on any atom is 0.257 e. The Morgan fingerprint density at radius 1 is 1.35 bits per heavy atom. The Labute approximate surface area is 116 Å². The van der Waals surface area contributed by atoms with Crippen LogP contribution in [0.1, 0.15) is 21.6 Å². The second-order valence-electron chi connectivity index (χ2n) is 4.06. The molecule has 20 heavy (non-hydrogen) atoms. The molecule has 5 nitrogen and oxygen atoms in total.